The second-order valence-electron chi connectivity index (χ2n) is 2.19. The summed E-state index contributed by atoms with van der Waals surface area (Å²) >= 11 is 0. The Bertz CT molecular complexity index is 50.9. The molecule has 2 nitrogen and oxygen atoms in total. The van der Waals surface area contributed by atoms with Gasteiger partial charge in [-0.25, -0.2) is 0 Å². The van der Waals surface area contributed by atoms with Crippen LogP contribution < -0.4 is 5.73 Å². The van der Waals surface area contributed by atoms with Crippen LogP contribution >= 0.6 is 0 Å². The van der Waals surface area contributed by atoms with Crippen molar-refractivity contribution >= 4 is 0 Å². The molecule has 9 heavy (non-hydrogen) atoms. The van der Waals surface area contributed by atoms with Crippen LogP contribution in [0.3, 0.4) is 0 Å². The summed E-state index contributed by atoms with van der Waals surface area (Å²) in [6.45, 7) is 5.94. The van der Waals surface area contributed by atoms with E-state index in [4.69, 9.17) is 10.5 Å². The molecule has 0 spiro atoms. The highest BCUT2D eigenvalue weighted by Crippen LogP contribution is 2.03. The third-order valence-corrected chi connectivity index (χ3v) is 1.17. The molecule has 0 bridgehead atoms. The summed E-state index contributed by atoms with van der Waals surface area (Å²) in [6, 6.07) is 0. The molecule has 0 radical (unpaired) electrons. The van der Waals surface area contributed by atoms with Gasteiger partial charge in [-0.15, -0.1) is 0 Å². The van der Waals surface area contributed by atoms with Crippen LogP contribution in [0, 0.1) is 0 Å². The van der Waals surface area contributed by atoms with Gasteiger partial charge >= 0.3 is 0 Å². The lowest BCUT2D eigenvalue weighted by atomic mass is 10.4. The number of nitrogens with two attached hydrogens (primary N) is 1. The molecule has 1 fully saturated rings. The van der Waals surface area contributed by atoms with Gasteiger partial charge in [0.1, 0.15) is 0 Å². The minimum Gasteiger partial charge on any atom is -0.372 e. The monoisotopic (exact) mass is 131 g/mol. The van der Waals surface area contributed by atoms with Crippen LogP contribution in [-0.4, -0.2) is 19.3 Å². The molecule has 0 aromatic carbocycles. The molecule has 1 unspecified atom stereocenters. The van der Waals surface area contributed by atoms with Gasteiger partial charge in [0.2, 0.25) is 0 Å². The van der Waals surface area contributed by atoms with Crippen molar-refractivity contribution < 1.29 is 4.74 Å². The van der Waals surface area contributed by atoms with Gasteiger partial charge in [-0.2, -0.15) is 0 Å². The van der Waals surface area contributed by atoms with Crippen LogP contribution in [0.5, 0.6) is 0 Å². The quantitative estimate of drug-likeness (QED) is 0.571. The lowest BCUT2D eigenvalue weighted by Crippen LogP contribution is -2.05. The van der Waals surface area contributed by atoms with E-state index in [1.54, 1.807) is 0 Å². The summed E-state index contributed by atoms with van der Waals surface area (Å²) in [7, 11) is 0. The van der Waals surface area contributed by atoms with Gasteiger partial charge in [-0.3, -0.25) is 0 Å². The Hall–Kier alpha value is -0.0800. The van der Waals surface area contributed by atoms with Crippen molar-refractivity contribution in [1.29, 1.82) is 0 Å². The summed E-state index contributed by atoms with van der Waals surface area (Å²) in [5, 5.41) is 0. The molecule has 0 amide bonds. The lowest BCUT2D eigenvalue weighted by Gasteiger charge is -1.71. The van der Waals surface area contributed by atoms with Gasteiger partial charge in [0.15, 0.2) is 0 Å². The number of epoxide rings is 1. The Morgan fingerprint density at radius 3 is 1.89 bits per heavy atom. The predicted molar refractivity (Wildman–Crippen MR) is 39.4 cm³/mol. The molecule has 56 valence electrons. The van der Waals surface area contributed by atoms with E-state index in [-0.39, 0.29) is 0 Å². The third kappa shape index (κ3) is 7.92. The normalized spacial score (nSPS) is 22.3. The number of rotatable bonds is 2. The first-order valence-electron chi connectivity index (χ1n) is 3.66. The van der Waals surface area contributed by atoms with Gasteiger partial charge < -0.3 is 10.5 Å². The van der Waals surface area contributed by atoms with Gasteiger partial charge in [0, 0.05) is 6.54 Å². The predicted octanol–water partition coefficient (Wildman–Crippen LogP) is 1.15. The van der Waals surface area contributed by atoms with Crippen LogP contribution in [0.4, 0.5) is 0 Å². The summed E-state index contributed by atoms with van der Waals surface area (Å²) in [5.74, 6) is 0. The highest BCUT2D eigenvalue weighted by molar-refractivity contribution is 4.67. The van der Waals surface area contributed by atoms with E-state index in [2.05, 4.69) is 13.8 Å². The van der Waals surface area contributed by atoms with Gasteiger partial charge in [0.25, 0.3) is 0 Å². The molecule has 1 aliphatic heterocycles. The number of hydrogen-bond acceptors (Lipinski definition) is 2. The van der Waals surface area contributed by atoms with Crippen LogP contribution in [0.2, 0.25) is 0 Å². The molecule has 1 rings (SSSR count). The summed E-state index contributed by atoms with van der Waals surface area (Å²) < 4.78 is 4.73. The van der Waals surface area contributed by atoms with E-state index in [0.717, 1.165) is 6.61 Å². The lowest BCUT2D eigenvalue weighted by molar-refractivity contribution is 0.412. The minimum atomic E-state index is 0.412. The molecule has 0 aromatic heterocycles. The second-order valence-corrected chi connectivity index (χ2v) is 2.19. The first-order valence-corrected chi connectivity index (χ1v) is 3.66. The zero-order valence-electron chi connectivity index (χ0n) is 6.39. The van der Waals surface area contributed by atoms with Crippen LogP contribution in [0.1, 0.15) is 26.7 Å². The molecule has 0 aliphatic carbocycles. The standard InChI is InChI=1S/C4H10.C3H7NO/c1-3-4-2;4-1-3-2-5-3/h3-4H2,1-2H3;3H,1-2,4H2. The van der Waals surface area contributed by atoms with Crippen molar-refractivity contribution in [3.63, 3.8) is 0 Å². The molecular weight excluding hydrogens is 114 g/mol. The maximum Gasteiger partial charge on any atom is 0.0931 e. The zero-order chi connectivity index (χ0) is 7.11. The fourth-order valence-corrected chi connectivity index (χ4v) is 0.204. The minimum absolute atomic E-state index is 0.412. The topological polar surface area (TPSA) is 38.5 Å². The van der Waals surface area contributed by atoms with Gasteiger partial charge in [-0.1, -0.05) is 26.7 Å². The first-order chi connectivity index (χ1) is 4.35. The van der Waals surface area contributed by atoms with Gasteiger partial charge in [-0.05, 0) is 0 Å². The Labute approximate surface area is 57.4 Å². The Kier molecular flexibility index (Phi) is 5.99. The number of hydrogen-bond donors (Lipinski definition) is 1. The van der Waals surface area contributed by atoms with Crippen molar-refractivity contribution in [3.8, 4) is 0 Å². The highest BCUT2D eigenvalue weighted by atomic mass is 16.6. The third-order valence-electron chi connectivity index (χ3n) is 1.17. The Balaban J connectivity index is 0.000000148. The van der Waals surface area contributed by atoms with E-state index < -0.39 is 0 Å². The van der Waals surface area contributed by atoms with Crippen LogP contribution in [0.15, 0.2) is 0 Å². The number of unbranched alkanes of at least 4 members (excludes halogenated alkanes) is 1. The van der Waals surface area contributed by atoms with Crippen molar-refractivity contribution in [2.75, 3.05) is 13.2 Å². The van der Waals surface area contributed by atoms with Crippen LogP contribution in [0.25, 0.3) is 0 Å². The zero-order valence-corrected chi connectivity index (χ0v) is 6.39. The fourth-order valence-electron chi connectivity index (χ4n) is 0.204. The number of ether oxygens (including phenoxy) is 1. The van der Waals surface area contributed by atoms with Crippen LogP contribution in [-0.2, 0) is 4.74 Å². The summed E-state index contributed by atoms with van der Waals surface area (Å²) in [6.07, 6.45) is 3.05. The van der Waals surface area contributed by atoms with E-state index in [1.807, 2.05) is 0 Å². The molecule has 2 heteroatoms. The summed E-state index contributed by atoms with van der Waals surface area (Å²) in [4.78, 5) is 0. The van der Waals surface area contributed by atoms with E-state index in [1.165, 1.54) is 12.8 Å². The second kappa shape index (κ2) is 6.05. The summed E-state index contributed by atoms with van der Waals surface area (Å²) in [5.41, 5.74) is 5.11. The van der Waals surface area contributed by atoms with E-state index in [9.17, 15) is 0 Å². The molecular formula is C7H17NO. The average molecular weight is 131 g/mol. The van der Waals surface area contributed by atoms with Crippen molar-refractivity contribution in [1.82, 2.24) is 0 Å². The van der Waals surface area contributed by atoms with E-state index in [0.29, 0.717) is 12.6 Å². The Morgan fingerprint density at radius 1 is 1.44 bits per heavy atom. The molecule has 1 heterocycles. The van der Waals surface area contributed by atoms with Gasteiger partial charge in [0.05, 0.1) is 12.7 Å². The molecule has 2 N–H and O–H groups in total. The largest absolute Gasteiger partial charge is 0.372 e. The smallest absolute Gasteiger partial charge is 0.0931 e. The molecule has 0 saturated carbocycles. The highest BCUT2D eigenvalue weighted by Gasteiger charge is 2.18. The van der Waals surface area contributed by atoms with Crippen molar-refractivity contribution in [3.05, 3.63) is 0 Å². The molecule has 1 atom stereocenters. The fraction of sp³-hybridized carbons (Fsp3) is 1.00. The van der Waals surface area contributed by atoms with Crippen molar-refractivity contribution in [2.24, 2.45) is 5.73 Å². The average Bonchev–Trinajstić information content (AvgIpc) is 2.70. The SMILES string of the molecule is CCCC.NCC1CO1. The maximum atomic E-state index is 5.11. The molecule has 1 aliphatic rings. The van der Waals surface area contributed by atoms with E-state index >= 15 is 0 Å². The molecule has 0 aromatic rings. The Morgan fingerprint density at radius 2 is 1.89 bits per heavy atom. The first kappa shape index (κ1) is 8.92. The van der Waals surface area contributed by atoms with Crippen molar-refractivity contribution in [2.45, 2.75) is 32.8 Å². The maximum absolute atomic E-state index is 5.11. The molecule has 1 saturated heterocycles.